The number of carbonyl (C=O) groups is 1. The van der Waals surface area contributed by atoms with Gasteiger partial charge in [0, 0.05) is 13.1 Å². The van der Waals surface area contributed by atoms with E-state index >= 15 is 0 Å². The molecule has 0 spiro atoms. The van der Waals surface area contributed by atoms with Crippen LogP contribution in [0.4, 0.5) is 0 Å². The number of carbonyl (C=O) groups excluding carboxylic acids is 1. The number of benzene rings is 1. The minimum atomic E-state index is 0.189. The van der Waals surface area contributed by atoms with Crippen LogP contribution in [-0.4, -0.2) is 54.6 Å². The Labute approximate surface area is 143 Å². The fourth-order valence-corrected chi connectivity index (χ4v) is 3.83. The number of rotatable bonds is 4. The first-order valence-electron chi connectivity index (χ1n) is 8.76. The predicted molar refractivity (Wildman–Crippen MR) is 91.2 cm³/mol. The summed E-state index contributed by atoms with van der Waals surface area (Å²) >= 11 is 0. The topological polar surface area (TPSA) is 56.6 Å². The fourth-order valence-electron chi connectivity index (χ4n) is 3.83. The Bertz CT molecular complexity index is 623. The van der Waals surface area contributed by atoms with Crippen molar-refractivity contribution in [2.24, 2.45) is 0 Å². The fraction of sp³-hybridized carbons (Fsp3) is 0.579. The molecule has 0 bridgehead atoms. The minimum Gasteiger partial charge on any atom is -0.374 e. The molecule has 1 aromatic rings. The van der Waals surface area contributed by atoms with Gasteiger partial charge in [0.25, 0.3) is 0 Å². The Kier molecular flexibility index (Phi) is 5.49. The Morgan fingerprint density at radius 1 is 1.42 bits per heavy atom. The van der Waals surface area contributed by atoms with E-state index in [4.69, 9.17) is 10.00 Å². The molecule has 5 nitrogen and oxygen atoms in total. The maximum absolute atomic E-state index is 12.8. The number of hydrogen-bond donors (Lipinski definition) is 0. The van der Waals surface area contributed by atoms with Gasteiger partial charge in [0.2, 0.25) is 5.91 Å². The summed E-state index contributed by atoms with van der Waals surface area (Å²) in [6.45, 7) is 2.43. The van der Waals surface area contributed by atoms with E-state index in [9.17, 15) is 4.79 Å². The van der Waals surface area contributed by atoms with E-state index in [2.05, 4.69) is 6.07 Å². The van der Waals surface area contributed by atoms with Crippen LogP contribution in [0.3, 0.4) is 0 Å². The number of nitriles is 1. The molecular weight excluding hydrogens is 302 g/mol. The van der Waals surface area contributed by atoms with Crippen molar-refractivity contribution in [3.05, 3.63) is 35.4 Å². The zero-order valence-electron chi connectivity index (χ0n) is 14.3. The molecule has 2 atom stereocenters. The normalized spacial score (nSPS) is 23.6. The van der Waals surface area contributed by atoms with E-state index < -0.39 is 0 Å². The van der Waals surface area contributed by atoms with Crippen molar-refractivity contribution in [2.75, 3.05) is 26.7 Å². The molecule has 0 radical (unpaired) electrons. The lowest BCUT2D eigenvalue weighted by Crippen LogP contribution is -2.56. The zero-order chi connectivity index (χ0) is 16.9. The van der Waals surface area contributed by atoms with Gasteiger partial charge in [-0.2, -0.15) is 5.26 Å². The molecule has 1 aliphatic heterocycles. The van der Waals surface area contributed by atoms with Crippen LogP contribution in [0.2, 0.25) is 0 Å². The molecule has 1 heterocycles. The molecule has 5 heteroatoms. The van der Waals surface area contributed by atoms with Crippen molar-refractivity contribution >= 4 is 5.91 Å². The van der Waals surface area contributed by atoms with Crippen molar-refractivity contribution in [1.82, 2.24) is 9.80 Å². The second-order valence-corrected chi connectivity index (χ2v) is 6.83. The summed E-state index contributed by atoms with van der Waals surface area (Å²) in [7, 11) is 1.95. The quantitative estimate of drug-likeness (QED) is 0.850. The predicted octanol–water partition coefficient (Wildman–Crippen LogP) is 2.16. The molecule has 0 aromatic heterocycles. The lowest BCUT2D eigenvalue weighted by Gasteiger charge is -2.44. The zero-order valence-corrected chi connectivity index (χ0v) is 14.3. The Hall–Kier alpha value is -1.90. The van der Waals surface area contributed by atoms with Gasteiger partial charge < -0.3 is 9.64 Å². The summed E-state index contributed by atoms with van der Waals surface area (Å²) < 4.78 is 5.85. The summed E-state index contributed by atoms with van der Waals surface area (Å²) in [6, 6.07) is 9.98. The molecule has 24 heavy (non-hydrogen) atoms. The van der Waals surface area contributed by atoms with Gasteiger partial charge in [0.15, 0.2) is 0 Å². The number of morpholine rings is 1. The van der Waals surface area contributed by atoms with Gasteiger partial charge in [-0.05, 0) is 37.6 Å². The van der Waals surface area contributed by atoms with Crippen molar-refractivity contribution in [1.29, 1.82) is 5.26 Å². The Balaban J connectivity index is 1.58. The first-order valence-corrected chi connectivity index (χ1v) is 8.76. The number of hydrogen-bond acceptors (Lipinski definition) is 4. The van der Waals surface area contributed by atoms with Crippen molar-refractivity contribution in [3.8, 4) is 6.07 Å². The highest BCUT2D eigenvalue weighted by atomic mass is 16.5. The lowest BCUT2D eigenvalue weighted by atomic mass is 9.90. The molecule has 128 valence electrons. The summed E-state index contributed by atoms with van der Waals surface area (Å²) in [4.78, 5) is 16.8. The average Bonchev–Trinajstić information content (AvgIpc) is 2.61. The van der Waals surface area contributed by atoms with Crippen LogP contribution < -0.4 is 0 Å². The number of fused-ring (bicyclic) bond motifs is 1. The molecular formula is C19H25N3O2. The van der Waals surface area contributed by atoms with Gasteiger partial charge >= 0.3 is 0 Å². The van der Waals surface area contributed by atoms with Gasteiger partial charge in [-0.3, -0.25) is 9.69 Å². The second-order valence-electron chi connectivity index (χ2n) is 6.83. The Morgan fingerprint density at radius 3 is 3.08 bits per heavy atom. The second kappa shape index (κ2) is 7.78. The van der Waals surface area contributed by atoms with Crippen molar-refractivity contribution in [2.45, 2.75) is 44.4 Å². The third-order valence-electron chi connectivity index (χ3n) is 4.97. The van der Waals surface area contributed by atoms with Gasteiger partial charge in [-0.25, -0.2) is 0 Å². The summed E-state index contributed by atoms with van der Waals surface area (Å²) in [5.74, 6) is 0.189. The van der Waals surface area contributed by atoms with Crippen LogP contribution in [0.25, 0.3) is 0 Å². The number of ether oxygens (including phenoxy) is 1. The highest BCUT2D eigenvalue weighted by molar-refractivity contribution is 5.78. The first kappa shape index (κ1) is 16.9. The smallest absolute Gasteiger partial charge is 0.237 e. The van der Waals surface area contributed by atoms with Crippen molar-refractivity contribution in [3.63, 3.8) is 0 Å². The number of likely N-dealkylation sites (N-methyl/N-ethyl adjacent to an activating group) is 1. The van der Waals surface area contributed by atoms with E-state index in [-0.39, 0.29) is 18.1 Å². The first-order chi connectivity index (χ1) is 11.7. The van der Waals surface area contributed by atoms with E-state index in [0.29, 0.717) is 31.8 Å². The molecule has 1 saturated carbocycles. The van der Waals surface area contributed by atoms with Gasteiger partial charge in [0.05, 0.1) is 36.9 Å². The maximum atomic E-state index is 12.8. The summed E-state index contributed by atoms with van der Waals surface area (Å²) in [5.41, 5.74) is 1.72. The molecule has 2 aliphatic rings. The molecule has 0 N–H and O–H groups in total. The molecule has 1 aliphatic carbocycles. The van der Waals surface area contributed by atoms with Crippen LogP contribution in [0, 0.1) is 11.3 Å². The van der Waals surface area contributed by atoms with Crippen LogP contribution in [0.1, 0.15) is 36.8 Å². The van der Waals surface area contributed by atoms with E-state index in [1.165, 1.54) is 12.8 Å². The van der Waals surface area contributed by atoms with Crippen LogP contribution in [0.5, 0.6) is 0 Å². The van der Waals surface area contributed by atoms with E-state index in [1.54, 1.807) is 6.07 Å². The Morgan fingerprint density at radius 2 is 2.25 bits per heavy atom. The van der Waals surface area contributed by atoms with Crippen LogP contribution >= 0.6 is 0 Å². The van der Waals surface area contributed by atoms with Gasteiger partial charge in [0.1, 0.15) is 0 Å². The highest BCUT2D eigenvalue weighted by Crippen LogP contribution is 2.28. The highest BCUT2D eigenvalue weighted by Gasteiger charge is 2.36. The standard InChI is InChI=1S/C19H25N3O2/c1-21(13-16-6-4-5-15(11-16)12-20)14-19(23)22-9-10-24-18-8-3-2-7-17(18)22/h4-6,11,17-18H,2-3,7-10,13-14H2,1H3. The van der Waals surface area contributed by atoms with E-state index in [1.807, 2.05) is 35.0 Å². The average molecular weight is 327 g/mol. The van der Waals surface area contributed by atoms with Crippen LogP contribution in [0.15, 0.2) is 24.3 Å². The van der Waals surface area contributed by atoms with Gasteiger partial charge in [-0.15, -0.1) is 0 Å². The third kappa shape index (κ3) is 3.95. The maximum Gasteiger partial charge on any atom is 0.237 e. The monoisotopic (exact) mass is 327 g/mol. The largest absolute Gasteiger partial charge is 0.374 e. The summed E-state index contributed by atoms with van der Waals surface area (Å²) in [6.07, 6.45) is 4.76. The lowest BCUT2D eigenvalue weighted by molar-refractivity contribution is -0.150. The molecule has 2 unspecified atom stereocenters. The number of nitrogens with zero attached hydrogens (tertiary/aromatic N) is 3. The number of amides is 1. The van der Waals surface area contributed by atoms with E-state index in [0.717, 1.165) is 18.4 Å². The molecule has 2 fully saturated rings. The molecule has 1 aromatic carbocycles. The minimum absolute atomic E-state index is 0.189. The van der Waals surface area contributed by atoms with Crippen LogP contribution in [-0.2, 0) is 16.1 Å². The SMILES string of the molecule is CN(CC(=O)N1CCOC2CCCCC21)Cc1cccc(C#N)c1. The molecule has 1 amide bonds. The third-order valence-corrected chi connectivity index (χ3v) is 4.97. The molecule has 3 rings (SSSR count). The van der Waals surface area contributed by atoms with Crippen molar-refractivity contribution < 1.29 is 9.53 Å². The molecule has 1 saturated heterocycles. The van der Waals surface area contributed by atoms with Gasteiger partial charge in [-0.1, -0.05) is 25.0 Å². The summed E-state index contributed by atoms with van der Waals surface area (Å²) in [5, 5.41) is 8.99.